The summed E-state index contributed by atoms with van der Waals surface area (Å²) in [5, 5.41) is 0. The maximum atomic E-state index is 11.0. The first-order valence-corrected chi connectivity index (χ1v) is 7.48. The Morgan fingerprint density at radius 1 is 1.11 bits per heavy atom. The molecule has 0 aliphatic rings. The minimum absolute atomic E-state index is 0. The van der Waals surface area contributed by atoms with Gasteiger partial charge in [0.1, 0.15) is 0 Å². The average molecular weight is 345 g/mol. The van der Waals surface area contributed by atoms with E-state index in [2.05, 4.69) is 15.2 Å². The molecule has 19 heavy (non-hydrogen) atoms. The number of hydrogen-bond acceptors (Lipinski definition) is 9. The summed E-state index contributed by atoms with van der Waals surface area (Å²) in [6.45, 7) is 3.18. The van der Waals surface area contributed by atoms with Crippen LogP contribution in [0.5, 0.6) is 0 Å². The summed E-state index contributed by atoms with van der Waals surface area (Å²) in [6, 6.07) is 0. The molecule has 0 heterocycles. The number of hydrogen-bond donors (Lipinski definition) is 7. The van der Waals surface area contributed by atoms with E-state index in [1.165, 1.54) is 0 Å². The van der Waals surface area contributed by atoms with Gasteiger partial charge in [0.25, 0.3) is 0 Å². The molecule has 118 valence electrons. The molecule has 0 aliphatic heterocycles. The molecule has 0 aliphatic carbocycles. The Kier molecular flexibility index (Phi) is 20.9. The van der Waals surface area contributed by atoms with Gasteiger partial charge in [0, 0.05) is 10.4 Å². The Labute approximate surface area is 110 Å². The first kappa shape index (κ1) is 31.2. The van der Waals surface area contributed by atoms with Gasteiger partial charge in [-0.25, -0.2) is 8.88 Å². The van der Waals surface area contributed by atoms with Crippen LogP contribution in [-0.2, 0) is 22.3 Å². The van der Waals surface area contributed by atoms with E-state index in [0.717, 1.165) is 12.2 Å². The summed E-state index contributed by atoms with van der Waals surface area (Å²) in [5.41, 5.74) is 0. The van der Waals surface area contributed by atoms with Crippen LogP contribution < -0.4 is 24.6 Å². The van der Waals surface area contributed by atoms with Crippen molar-refractivity contribution in [2.45, 2.75) is 0 Å². The van der Waals surface area contributed by atoms with Crippen molar-refractivity contribution in [2.24, 2.45) is 0 Å². The summed E-state index contributed by atoms with van der Waals surface area (Å²) < 4.78 is 39.1. The lowest BCUT2D eigenvalue weighted by molar-refractivity contribution is 0.266. The SMILES string of the molecule is C=C/C=C/P(=O)(O)OP(=O)(O)O[P+](=O)O.N.N.N.N. The van der Waals surface area contributed by atoms with E-state index in [9.17, 15) is 13.7 Å². The molecular weight excluding hydrogens is 325 g/mol. The molecule has 3 unspecified atom stereocenters. The van der Waals surface area contributed by atoms with Crippen LogP contribution in [0.1, 0.15) is 0 Å². The Balaban J connectivity index is -0.000000163. The van der Waals surface area contributed by atoms with Gasteiger partial charge >= 0.3 is 23.7 Å². The number of phosphoric acid groups is 1. The van der Waals surface area contributed by atoms with Crippen molar-refractivity contribution in [3.8, 4) is 0 Å². The van der Waals surface area contributed by atoms with Crippen LogP contribution in [0.3, 0.4) is 0 Å². The van der Waals surface area contributed by atoms with Crippen LogP contribution in [0, 0.1) is 0 Å². The van der Waals surface area contributed by atoms with Crippen molar-refractivity contribution in [1.29, 1.82) is 0 Å². The van der Waals surface area contributed by atoms with E-state index in [-0.39, 0.29) is 24.6 Å². The Bertz CT molecular complexity index is 386. The van der Waals surface area contributed by atoms with Crippen molar-refractivity contribution in [3.05, 3.63) is 24.5 Å². The van der Waals surface area contributed by atoms with Crippen LogP contribution >= 0.6 is 23.7 Å². The highest BCUT2D eigenvalue weighted by Gasteiger charge is 2.40. The minimum Gasteiger partial charge on any atom is -0.344 e. The molecule has 0 rings (SSSR count). The highest BCUT2D eigenvalue weighted by molar-refractivity contribution is 7.68. The molecule has 15 N–H and O–H groups in total. The third kappa shape index (κ3) is 17.7. The molecule has 0 amide bonds. The van der Waals surface area contributed by atoms with Crippen molar-refractivity contribution < 1.29 is 37.0 Å². The van der Waals surface area contributed by atoms with E-state index in [0.29, 0.717) is 5.82 Å². The van der Waals surface area contributed by atoms with E-state index in [4.69, 9.17) is 14.7 Å². The summed E-state index contributed by atoms with van der Waals surface area (Å²) in [7, 11) is -13.0. The Morgan fingerprint density at radius 3 is 1.84 bits per heavy atom. The Hall–Kier alpha value is -0.320. The van der Waals surface area contributed by atoms with Gasteiger partial charge in [-0.05, 0) is 4.31 Å². The molecule has 0 saturated heterocycles. The molecule has 0 aromatic carbocycles. The average Bonchev–Trinajstić information content (AvgIpc) is 1.95. The maximum Gasteiger partial charge on any atom is 0.705 e. The van der Waals surface area contributed by atoms with E-state index < -0.39 is 23.7 Å². The number of allylic oxidation sites excluding steroid dienone is 2. The first-order valence-electron chi connectivity index (χ1n) is 3.21. The van der Waals surface area contributed by atoms with Gasteiger partial charge in [-0.2, -0.15) is 0 Å². The van der Waals surface area contributed by atoms with Gasteiger partial charge in [0.2, 0.25) is 0 Å². The zero-order valence-corrected chi connectivity index (χ0v) is 12.7. The van der Waals surface area contributed by atoms with Crippen LogP contribution in [0.4, 0.5) is 0 Å². The van der Waals surface area contributed by atoms with Gasteiger partial charge in [-0.1, -0.05) is 18.7 Å². The molecular formula is C4H20N4O8P3+. The normalized spacial score (nSPS) is 16.3. The second-order valence-electron chi connectivity index (χ2n) is 2.01. The van der Waals surface area contributed by atoms with E-state index >= 15 is 0 Å². The molecule has 0 radical (unpaired) electrons. The largest absolute Gasteiger partial charge is 0.705 e. The van der Waals surface area contributed by atoms with Crippen LogP contribution in [0.15, 0.2) is 24.5 Å². The second-order valence-corrected chi connectivity index (χ2v) is 6.16. The van der Waals surface area contributed by atoms with Gasteiger partial charge in [-0.3, -0.25) is 9.46 Å². The fraction of sp³-hybridized carbons (Fsp3) is 0. The van der Waals surface area contributed by atoms with E-state index in [1.807, 2.05) is 0 Å². The molecule has 0 aromatic heterocycles. The third-order valence-corrected chi connectivity index (χ3v) is 4.50. The Morgan fingerprint density at radius 2 is 1.53 bits per heavy atom. The highest BCUT2D eigenvalue weighted by Crippen LogP contribution is 2.63. The fourth-order valence-electron chi connectivity index (χ4n) is 0.448. The summed E-state index contributed by atoms with van der Waals surface area (Å²) in [6.07, 6.45) is 2.13. The van der Waals surface area contributed by atoms with Gasteiger partial charge in [0.15, 0.2) is 0 Å². The zero-order chi connectivity index (χ0) is 12.1. The molecule has 0 bridgehead atoms. The molecule has 0 saturated carbocycles. The molecule has 0 spiro atoms. The fourth-order valence-corrected chi connectivity index (χ4v) is 3.28. The summed E-state index contributed by atoms with van der Waals surface area (Å²) >= 11 is 0. The zero-order valence-electron chi connectivity index (χ0n) is 9.99. The smallest absolute Gasteiger partial charge is 0.344 e. The van der Waals surface area contributed by atoms with E-state index in [1.54, 1.807) is 0 Å². The number of rotatable bonds is 6. The molecule has 0 aromatic rings. The monoisotopic (exact) mass is 345 g/mol. The first-order chi connectivity index (χ1) is 6.68. The van der Waals surface area contributed by atoms with Gasteiger partial charge in [0.05, 0.1) is 0 Å². The highest BCUT2D eigenvalue weighted by atomic mass is 31.3. The lowest BCUT2D eigenvalue weighted by Gasteiger charge is -2.07. The van der Waals surface area contributed by atoms with Crippen molar-refractivity contribution in [2.75, 3.05) is 0 Å². The summed E-state index contributed by atoms with van der Waals surface area (Å²) in [5.74, 6) is 0.566. The predicted molar refractivity (Wildman–Crippen MR) is 71.1 cm³/mol. The van der Waals surface area contributed by atoms with Gasteiger partial charge < -0.3 is 29.5 Å². The minimum atomic E-state index is -5.04. The standard InChI is InChI=1S/C4H7O8P3.4H3N/c1-2-3-4-14(7,8)12-15(9,10)11-13(5)6;;;;/h2-4H,1H2,(H2-,5,6,7,8,9,10);4*1H3/p+1/b4-3+;;;;. The van der Waals surface area contributed by atoms with Crippen LogP contribution in [0.25, 0.3) is 0 Å². The lowest BCUT2D eigenvalue weighted by atomic mass is 10.6. The molecule has 0 fully saturated rings. The second kappa shape index (κ2) is 12.7. The molecule has 12 nitrogen and oxygen atoms in total. The topological polar surface area (TPSA) is 270 Å². The third-order valence-electron chi connectivity index (χ3n) is 0.804. The van der Waals surface area contributed by atoms with Crippen LogP contribution in [0.2, 0.25) is 0 Å². The molecule has 3 atom stereocenters. The summed E-state index contributed by atoms with van der Waals surface area (Å²) in [4.78, 5) is 25.7. The lowest BCUT2D eigenvalue weighted by Crippen LogP contribution is -1.87. The van der Waals surface area contributed by atoms with Crippen molar-refractivity contribution in [3.63, 3.8) is 0 Å². The van der Waals surface area contributed by atoms with Crippen molar-refractivity contribution >= 4 is 23.7 Å². The van der Waals surface area contributed by atoms with Crippen molar-refractivity contribution in [1.82, 2.24) is 24.6 Å². The quantitative estimate of drug-likeness (QED) is 0.269. The molecule has 15 heteroatoms. The van der Waals surface area contributed by atoms with Gasteiger partial charge in [-0.15, -0.1) is 4.89 Å². The maximum absolute atomic E-state index is 11.0. The predicted octanol–water partition coefficient (Wildman–Crippen LogP) is 2.30. The van der Waals surface area contributed by atoms with Crippen LogP contribution in [-0.4, -0.2) is 14.7 Å².